The molecule has 0 aromatic carbocycles. The number of aliphatic hydroxyl groups is 5. The summed E-state index contributed by atoms with van der Waals surface area (Å²) in [6, 6.07) is -0.797. The molecule has 53 heavy (non-hydrogen) atoms. The summed E-state index contributed by atoms with van der Waals surface area (Å²) in [7, 11) is 0. The molecule has 1 aliphatic heterocycles. The molecule has 9 nitrogen and oxygen atoms in total. The molecule has 9 heteroatoms. The van der Waals surface area contributed by atoms with Crippen LogP contribution in [0.3, 0.4) is 0 Å². The number of unbranched alkanes of at least 4 members (excludes halogenated alkanes) is 27. The van der Waals surface area contributed by atoms with Gasteiger partial charge in [0.05, 0.1) is 25.4 Å². The van der Waals surface area contributed by atoms with Gasteiger partial charge in [0.25, 0.3) is 0 Å². The molecule has 1 aliphatic rings. The first-order chi connectivity index (χ1) is 25.8. The molecular formula is C44H85NO8. The summed E-state index contributed by atoms with van der Waals surface area (Å²) in [6.07, 6.45) is 32.5. The lowest BCUT2D eigenvalue weighted by Crippen LogP contribution is -2.60. The predicted molar refractivity (Wildman–Crippen MR) is 217 cm³/mol. The Bertz CT molecular complexity index is 842. The molecular weight excluding hydrogens is 670 g/mol. The first-order valence-corrected chi connectivity index (χ1v) is 22.4. The molecule has 0 spiro atoms. The summed E-state index contributed by atoms with van der Waals surface area (Å²) in [5.74, 6) is -0.175. The zero-order chi connectivity index (χ0) is 38.8. The fourth-order valence-electron chi connectivity index (χ4n) is 7.21. The van der Waals surface area contributed by atoms with E-state index in [2.05, 4.69) is 19.2 Å². The minimum atomic E-state index is -1.56. The maximum absolute atomic E-state index is 12.9. The molecule has 6 N–H and O–H groups in total. The molecule has 1 heterocycles. The zero-order valence-corrected chi connectivity index (χ0v) is 34.3. The smallest absolute Gasteiger partial charge is 0.220 e. The number of carbonyl (C=O) groups excluding carboxylic acids is 1. The molecule has 0 aromatic rings. The van der Waals surface area contributed by atoms with Crippen LogP contribution in [0.15, 0.2) is 12.2 Å². The highest BCUT2D eigenvalue weighted by Crippen LogP contribution is 2.23. The number of hydrogen-bond acceptors (Lipinski definition) is 8. The Hall–Kier alpha value is -1.07. The van der Waals surface area contributed by atoms with Crippen LogP contribution in [0.25, 0.3) is 0 Å². The average molecular weight is 756 g/mol. The Morgan fingerprint density at radius 2 is 1.04 bits per heavy atom. The number of ether oxygens (including phenoxy) is 2. The van der Waals surface area contributed by atoms with E-state index >= 15 is 0 Å². The van der Waals surface area contributed by atoms with Gasteiger partial charge < -0.3 is 40.3 Å². The van der Waals surface area contributed by atoms with Crippen LogP contribution in [-0.4, -0.2) is 87.5 Å². The van der Waals surface area contributed by atoms with Gasteiger partial charge in [-0.15, -0.1) is 0 Å². The van der Waals surface area contributed by atoms with Crippen LogP contribution in [0.5, 0.6) is 0 Å². The van der Waals surface area contributed by atoms with E-state index in [9.17, 15) is 30.3 Å². The number of hydrogen-bond donors (Lipinski definition) is 6. The van der Waals surface area contributed by atoms with Crippen LogP contribution >= 0.6 is 0 Å². The number of nitrogens with one attached hydrogen (secondary N) is 1. The van der Waals surface area contributed by atoms with Gasteiger partial charge in [0.2, 0.25) is 5.91 Å². The van der Waals surface area contributed by atoms with Crippen molar-refractivity contribution in [1.82, 2.24) is 5.32 Å². The molecule has 0 aromatic heterocycles. The van der Waals surface area contributed by atoms with Gasteiger partial charge in [-0.1, -0.05) is 193 Å². The van der Waals surface area contributed by atoms with Crippen LogP contribution in [0.2, 0.25) is 0 Å². The Kier molecular flexibility index (Phi) is 33.3. The number of allylic oxidation sites excluding steroid dienone is 1. The van der Waals surface area contributed by atoms with Crippen LogP contribution in [0.4, 0.5) is 0 Å². The number of carbonyl (C=O) groups is 1. The molecule has 314 valence electrons. The van der Waals surface area contributed by atoms with Gasteiger partial charge in [0.15, 0.2) is 6.29 Å². The number of amides is 1. The minimum absolute atomic E-state index is 0.175. The van der Waals surface area contributed by atoms with Crippen molar-refractivity contribution in [3.05, 3.63) is 12.2 Å². The lowest BCUT2D eigenvalue weighted by molar-refractivity contribution is -0.302. The van der Waals surface area contributed by atoms with Gasteiger partial charge in [0, 0.05) is 6.42 Å². The van der Waals surface area contributed by atoms with Crippen LogP contribution in [-0.2, 0) is 14.3 Å². The minimum Gasteiger partial charge on any atom is -0.394 e. The molecule has 1 fully saturated rings. The van der Waals surface area contributed by atoms with Gasteiger partial charge in [0.1, 0.15) is 24.4 Å². The van der Waals surface area contributed by atoms with Crippen molar-refractivity contribution in [3.8, 4) is 0 Å². The lowest BCUT2D eigenvalue weighted by Gasteiger charge is -2.40. The van der Waals surface area contributed by atoms with Gasteiger partial charge in [-0.05, 0) is 19.3 Å². The molecule has 0 aliphatic carbocycles. The summed E-state index contributed by atoms with van der Waals surface area (Å²) < 4.78 is 11.2. The standard InChI is InChI=1S/C44H85NO8/c1-3-5-7-9-11-13-15-17-18-19-20-21-22-24-26-28-30-32-34-40(48)45-37(36-52-44-43(51)42(50)41(49)39(35-46)53-44)38(47)33-31-29-27-25-23-16-14-12-10-8-6-4-2/h31,33,37-39,41-44,46-47,49-51H,3-30,32,34-36H2,1-2H3,(H,45,48). The third-order valence-electron chi connectivity index (χ3n) is 10.9. The van der Waals surface area contributed by atoms with Crippen molar-refractivity contribution < 1.29 is 39.8 Å². The van der Waals surface area contributed by atoms with E-state index in [0.717, 1.165) is 38.5 Å². The molecule has 0 saturated carbocycles. The molecule has 7 atom stereocenters. The monoisotopic (exact) mass is 756 g/mol. The fraction of sp³-hybridized carbons (Fsp3) is 0.932. The maximum Gasteiger partial charge on any atom is 0.220 e. The van der Waals surface area contributed by atoms with Crippen LogP contribution < -0.4 is 5.32 Å². The fourth-order valence-corrected chi connectivity index (χ4v) is 7.21. The summed E-state index contributed by atoms with van der Waals surface area (Å²) >= 11 is 0. The van der Waals surface area contributed by atoms with E-state index in [4.69, 9.17) is 9.47 Å². The van der Waals surface area contributed by atoms with Crippen molar-refractivity contribution in [1.29, 1.82) is 0 Å². The SMILES string of the molecule is CCCCCCCCCCCCC=CC(O)C(COC1OC(CO)C(O)C(O)C1O)NC(=O)CCCCCCCCCCCCCCCCCCCC. The Labute approximate surface area is 325 Å². The van der Waals surface area contributed by atoms with Crippen LogP contribution in [0.1, 0.15) is 206 Å². The Balaban J connectivity index is 2.34. The zero-order valence-electron chi connectivity index (χ0n) is 34.3. The van der Waals surface area contributed by atoms with Crippen molar-refractivity contribution in [2.24, 2.45) is 0 Å². The second-order valence-corrected chi connectivity index (χ2v) is 15.9. The Morgan fingerprint density at radius 3 is 1.47 bits per heavy atom. The number of rotatable bonds is 37. The summed E-state index contributed by atoms with van der Waals surface area (Å²) in [6.45, 7) is 3.77. The second-order valence-electron chi connectivity index (χ2n) is 15.9. The van der Waals surface area contributed by atoms with E-state index in [1.807, 2.05) is 6.08 Å². The normalized spacial score (nSPS) is 21.7. The van der Waals surface area contributed by atoms with Gasteiger partial charge >= 0.3 is 0 Å². The largest absolute Gasteiger partial charge is 0.394 e. The van der Waals surface area contributed by atoms with E-state index in [0.29, 0.717) is 6.42 Å². The molecule has 1 saturated heterocycles. The second kappa shape index (κ2) is 35.4. The third-order valence-corrected chi connectivity index (χ3v) is 10.9. The van der Waals surface area contributed by atoms with Gasteiger partial charge in [-0.25, -0.2) is 0 Å². The highest BCUT2D eigenvalue weighted by Gasteiger charge is 2.44. The van der Waals surface area contributed by atoms with Crippen LogP contribution in [0, 0.1) is 0 Å². The van der Waals surface area contributed by atoms with E-state index < -0.39 is 49.5 Å². The topological polar surface area (TPSA) is 149 Å². The lowest BCUT2D eigenvalue weighted by atomic mass is 9.99. The molecule has 7 unspecified atom stereocenters. The maximum atomic E-state index is 12.9. The van der Waals surface area contributed by atoms with E-state index in [1.54, 1.807) is 6.08 Å². The van der Waals surface area contributed by atoms with Crippen molar-refractivity contribution in [2.75, 3.05) is 13.2 Å². The first kappa shape index (κ1) is 49.9. The van der Waals surface area contributed by atoms with Crippen molar-refractivity contribution in [3.63, 3.8) is 0 Å². The van der Waals surface area contributed by atoms with Gasteiger partial charge in [-0.3, -0.25) is 4.79 Å². The molecule has 0 bridgehead atoms. The van der Waals surface area contributed by atoms with Crippen molar-refractivity contribution in [2.45, 2.75) is 249 Å². The third kappa shape index (κ3) is 26.4. The summed E-state index contributed by atoms with van der Waals surface area (Å²) in [5.41, 5.74) is 0. The summed E-state index contributed by atoms with van der Waals surface area (Å²) in [4.78, 5) is 12.9. The average Bonchev–Trinajstić information content (AvgIpc) is 3.16. The van der Waals surface area contributed by atoms with E-state index in [-0.39, 0.29) is 12.5 Å². The summed E-state index contributed by atoms with van der Waals surface area (Å²) in [5, 5.41) is 54.1. The van der Waals surface area contributed by atoms with E-state index in [1.165, 1.54) is 148 Å². The molecule has 0 radical (unpaired) electrons. The number of aliphatic hydroxyl groups excluding tert-OH is 5. The highest BCUT2D eigenvalue weighted by atomic mass is 16.7. The molecule has 1 rings (SSSR count). The van der Waals surface area contributed by atoms with Crippen molar-refractivity contribution >= 4 is 5.91 Å². The highest BCUT2D eigenvalue weighted by molar-refractivity contribution is 5.76. The predicted octanol–water partition coefficient (Wildman–Crippen LogP) is 8.95. The first-order valence-electron chi connectivity index (χ1n) is 22.4. The van der Waals surface area contributed by atoms with Gasteiger partial charge in [-0.2, -0.15) is 0 Å². The molecule has 1 amide bonds. The Morgan fingerprint density at radius 1 is 0.623 bits per heavy atom. The quantitative estimate of drug-likeness (QED) is 0.0272.